The number of carbonyl (C=O) groups excluding carboxylic acids is 1. The van der Waals surface area contributed by atoms with Crippen LogP contribution in [0.4, 0.5) is 9.80 Å². The van der Waals surface area contributed by atoms with Crippen molar-refractivity contribution < 1.29 is 14.7 Å². The first kappa shape index (κ1) is 15.1. The van der Waals surface area contributed by atoms with Crippen molar-refractivity contribution in [2.75, 3.05) is 12.4 Å². The van der Waals surface area contributed by atoms with Crippen LogP contribution in [0.25, 0.3) is 0 Å². The van der Waals surface area contributed by atoms with Crippen LogP contribution in [-0.2, 0) is 6.54 Å². The molecular formula is C15H16N2O3S. The zero-order valence-corrected chi connectivity index (χ0v) is 12.6. The van der Waals surface area contributed by atoms with Gasteiger partial charge in [0.05, 0.1) is 5.56 Å². The average molecular weight is 304 g/mol. The van der Waals surface area contributed by atoms with Crippen LogP contribution in [0.2, 0.25) is 0 Å². The predicted molar refractivity (Wildman–Crippen MR) is 82.9 cm³/mol. The summed E-state index contributed by atoms with van der Waals surface area (Å²) in [4.78, 5) is 24.7. The summed E-state index contributed by atoms with van der Waals surface area (Å²) in [5.41, 5.74) is 2.27. The van der Waals surface area contributed by atoms with Crippen molar-refractivity contribution in [3.63, 3.8) is 0 Å². The van der Waals surface area contributed by atoms with Gasteiger partial charge in [0.2, 0.25) is 0 Å². The van der Waals surface area contributed by atoms with Crippen molar-refractivity contribution in [3.05, 3.63) is 52.4 Å². The highest BCUT2D eigenvalue weighted by Gasteiger charge is 2.16. The lowest BCUT2D eigenvalue weighted by Gasteiger charge is -2.19. The fourth-order valence-corrected chi connectivity index (χ4v) is 2.65. The van der Waals surface area contributed by atoms with Gasteiger partial charge in [0, 0.05) is 13.6 Å². The van der Waals surface area contributed by atoms with Crippen LogP contribution in [0.15, 0.2) is 35.7 Å². The monoisotopic (exact) mass is 304 g/mol. The smallest absolute Gasteiger partial charge is 0.338 e. The van der Waals surface area contributed by atoms with Crippen molar-refractivity contribution in [3.8, 4) is 0 Å². The van der Waals surface area contributed by atoms with E-state index in [-0.39, 0.29) is 11.6 Å². The molecule has 0 saturated heterocycles. The lowest BCUT2D eigenvalue weighted by molar-refractivity contribution is 0.0698. The first-order valence-electron chi connectivity index (χ1n) is 6.36. The van der Waals surface area contributed by atoms with Gasteiger partial charge in [-0.25, -0.2) is 9.59 Å². The molecule has 0 saturated carbocycles. The molecule has 1 aromatic heterocycles. The number of nitrogens with zero attached hydrogens (tertiary/aromatic N) is 1. The maximum Gasteiger partial charge on any atom is 0.338 e. The van der Waals surface area contributed by atoms with Crippen LogP contribution in [0, 0.1) is 6.92 Å². The van der Waals surface area contributed by atoms with E-state index in [1.165, 1.54) is 22.3 Å². The fraction of sp³-hybridized carbons (Fsp3) is 0.200. The lowest BCUT2D eigenvalue weighted by Crippen LogP contribution is -2.31. The summed E-state index contributed by atoms with van der Waals surface area (Å²) in [7, 11) is 1.68. The molecule has 0 aliphatic rings. The highest BCUT2D eigenvalue weighted by atomic mass is 32.1. The van der Waals surface area contributed by atoms with Crippen molar-refractivity contribution in [1.29, 1.82) is 0 Å². The molecule has 110 valence electrons. The number of amides is 2. The molecule has 0 fully saturated rings. The molecule has 0 bridgehead atoms. The Morgan fingerprint density at radius 2 is 2.00 bits per heavy atom. The third-order valence-electron chi connectivity index (χ3n) is 3.13. The zero-order valence-electron chi connectivity index (χ0n) is 11.8. The number of rotatable bonds is 4. The highest BCUT2D eigenvalue weighted by Crippen LogP contribution is 2.23. The minimum atomic E-state index is -1.05. The number of carbonyl (C=O) groups is 2. The Balaban J connectivity index is 2.05. The third-order valence-corrected chi connectivity index (χ3v) is 3.96. The van der Waals surface area contributed by atoms with Crippen LogP contribution < -0.4 is 5.32 Å². The van der Waals surface area contributed by atoms with E-state index in [0.717, 1.165) is 11.1 Å². The number of thiophene rings is 1. The van der Waals surface area contributed by atoms with E-state index in [1.807, 2.05) is 31.2 Å². The molecule has 1 aromatic carbocycles. The summed E-state index contributed by atoms with van der Waals surface area (Å²) in [5.74, 6) is -1.05. The number of hydrogen-bond acceptors (Lipinski definition) is 3. The highest BCUT2D eigenvalue weighted by molar-refractivity contribution is 7.14. The second-order valence-electron chi connectivity index (χ2n) is 4.68. The van der Waals surface area contributed by atoms with E-state index in [0.29, 0.717) is 11.5 Å². The minimum Gasteiger partial charge on any atom is -0.478 e. The number of aromatic carboxylic acids is 1. The second kappa shape index (κ2) is 6.41. The second-order valence-corrected chi connectivity index (χ2v) is 5.60. The number of nitrogens with one attached hydrogen (secondary N) is 1. The van der Waals surface area contributed by atoms with Gasteiger partial charge in [-0.15, -0.1) is 11.3 Å². The Kier molecular flexibility index (Phi) is 4.59. The van der Waals surface area contributed by atoms with E-state index >= 15 is 0 Å². The first-order chi connectivity index (χ1) is 9.99. The van der Waals surface area contributed by atoms with Gasteiger partial charge < -0.3 is 10.0 Å². The summed E-state index contributed by atoms with van der Waals surface area (Å²) in [5, 5.41) is 13.6. The van der Waals surface area contributed by atoms with Crippen molar-refractivity contribution >= 4 is 28.3 Å². The van der Waals surface area contributed by atoms with E-state index in [4.69, 9.17) is 5.11 Å². The SMILES string of the molecule is Cc1ccccc1CN(C)C(=O)Nc1sccc1C(=O)O. The van der Waals surface area contributed by atoms with Gasteiger partial charge in [0.1, 0.15) is 5.00 Å². The molecule has 0 spiro atoms. The van der Waals surface area contributed by atoms with Crippen molar-refractivity contribution in [2.45, 2.75) is 13.5 Å². The molecule has 0 unspecified atom stereocenters. The normalized spacial score (nSPS) is 10.2. The molecule has 0 aliphatic carbocycles. The Labute approximate surface area is 126 Å². The van der Waals surface area contributed by atoms with Crippen LogP contribution >= 0.6 is 11.3 Å². The fourth-order valence-electron chi connectivity index (χ4n) is 1.88. The predicted octanol–water partition coefficient (Wildman–Crippen LogP) is 3.42. The van der Waals surface area contributed by atoms with Crippen LogP contribution in [0.3, 0.4) is 0 Å². The average Bonchev–Trinajstić information content (AvgIpc) is 2.89. The molecule has 5 nitrogen and oxygen atoms in total. The maximum absolute atomic E-state index is 12.1. The number of benzene rings is 1. The van der Waals surface area contributed by atoms with E-state index in [9.17, 15) is 9.59 Å². The van der Waals surface area contributed by atoms with Gasteiger partial charge >= 0.3 is 12.0 Å². The van der Waals surface area contributed by atoms with Crippen LogP contribution in [0.5, 0.6) is 0 Å². The number of anilines is 1. The molecule has 1 heterocycles. The molecular weight excluding hydrogens is 288 g/mol. The molecule has 2 amide bonds. The molecule has 6 heteroatoms. The summed E-state index contributed by atoms with van der Waals surface area (Å²) >= 11 is 1.19. The van der Waals surface area contributed by atoms with Gasteiger partial charge in [-0.05, 0) is 29.5 Å². The number of carboxylic acid groups (broad SMARTS) is 1. The summed E-state index contributed by atoms with van der Waals surface area (Å²) < 4.78 is 0. The van der Waals surface area contributed by atoms with E-state index in [2.05, 4.69) is 5.32 Å². The summed E-state index contributed by atoms with van der Waals surface area (Å²) in [6.45, 7) is 2.45. The lowest BCUT2D eigenvalue weighted by atomic mass is 10.1. The zero-order chi connectivity index (χ0) is 15.4. The van der Waals surface area contributed by atoms with Crippen LogP contribution in [0.1, 0.15) is 21.5 Å². The molecule has 2 N–H and O–H groups in total. The molecule has 0 atom stereocenters. The molecule has 2 aromatic rings. The topological polar surface area (TPSA) is 69.6 Å². The molecule has 2 rings (SSSR count). The number of urea groups is 1. The summed E-state index contributed by atoms with van der Waals surface area (Å²) in [6.07, 6.45) is 0. The molecule has 21 heavy (non-hydrogen) atoms. The third kappa shape index (κ3) is 3.61. The van der Waals surface area contributed by atoms with E-state index in [1.54, 1.807) is 12.4 Å². The Morgan fingerprint density at radius 3 is 2.67 bits per heavy atom. The first-order valence-corrected chi connectivity index (χ1v) is 7.24. The number of hydrogen-bond donors (Lipinski definition) is 2. The van der Waals surface area contributed by atoms with Gasteiger partial charge in [-0.3, -0.25) is 5.32 Å². The Bertz CT molecular complexity index is 666. The molecule has 0 aliphatic heterocycles. The van der Waals surface area contributed by atoms with Crippen molar-refractivity contribution in [1.82, 2.24) is 4.90 Å². The van der Waals surface area contributed by atoms with Gasteiger partial charge in [0.15, 0.2) is 0 Å². The summed E-state index contributed by atoms with van der Waals surface area (Å²) in [6, 6.07) is 8.97. The number of carboxylic acids is 1. The largest absolute Gasteiger partial charge is 0.478 e. The van der Waals surface area contributed by atoms with Gasteiger partial charge in [-0.2, -0.15) is 0 Å². The number of aryl methyl sites for hydroxylation is 1. The van der Waals surface area contributed by atoms with Gasteiger partial charge in [-0.1, -0.05) is 24.3 Å². The molecule has 0 radical (unpaired) electrons. The maximum atomic E-state index is 12.1. The Morgan fingerprint density at radius 1 is 1.29 bits per heavy atom. The van der Waals surface area contributed by atoms with Crippen LogP contribution in [-0.4, -0.2) is 29.1 Å². The Hall–Kier alpha value is -2.34. The quantitative estimate of drug-likeness (QED) is 0.909. The van der Waals surface area contributed by atoms with E-state index < -0.39 is 5.97 Å². The van der Waals surface area contributed by atoms with Gasteiger partial charge in [0.25, 0.3) is 0 Å². The standard InChI is InChI=1S/C15H16N2O3S/c1-10-5-3-4-6-11(10)9-17(2)15(20)16-13-12(14(18)19)7-8-21-13/h3-8H,9H2,1-2H3,(H,16,20)(H,18,19). The minimum absolute atomic E-state index is 0.109. The van der Waals surface area contributed by atoms with Crippen molar-refractivity contribution in [2.24, 2.45) is 0 Å².